The summed E-state index contributed by atoms with van der Waals surface area (Å²) in [6, 6.07) is 8.87. The first-order valence-corrected chi connectivity index (χ1v) is 12.8. The fraction of sp³-hybridized carbons (Fsp3) is 0.478. The molecule has 1 aliphatic carbocycles. The third-order valence-corrected chi connectivity index (χ3v) is 9.22. The van der Waals surface area contributed by atoms with Crippen LogP contribution >= 0.6 is 0 Å². The van der Waals surface area contributed by atoms with E-state index in [0.29, 0.717) is 29.8 Å². The topological polar surface area (TPSA) is 107 Å². The molecule has 6 rings (SSSR count). The number of rotatable bonds is 4. The van der Waals surface area contributed by atoms with E-state index >= 15 is 0 Å². The van der Waals surface area contributed by atoms with Crippen molar-refractivity contribution in [2.75, 3.05) is 25.4 Å². The van der Waals surface area contributed by atoms with E-state index in [1.165, 1.54) is 6.20 Å². The minimum Gasteiger partial charge on any atom is -0.490 e. The van der Waals surface area contributed by atoms with Crippen molar-refractivity contribution >= 4 is 16.0 Å². The number of amidine groups is 1. The number of aromatic nitrogens is 1. The second-order valence-corrected chi connectivity index (χ2v) is 11.4. The maximum Gasteiger partial charge on any atom is 0.283 e. The Morgan fingerprint density at radius 3 is 2.82 bits per heavy atom. The number of nitrogens with two attached hydrogens (primary N) is 1. The largest absolute Gasteiger partial charge is 0.490 e. The summed E-state index contributed by atoms with van der Waals surface area (Å²) in [4.78, 5) is 8.47. The summed E-state index contributed by atoms with van der Waals surface area (Å²) in [5.74, 6) is 0.261. The summed E-state index contributed by atoms with van der Waals surface area (Å²) in [5, 5.41) is 0. The highest BCUT2D eigenvalue weighted by molar-refractivity contribution is 7.89. The maximum atomic E-state index is 14.4. The predicted molar refractivity (Wildman–Crippen MR) is 119 cm³/mol. The fourth-order valence-corrected chi connectivity index (χ4v) is 7.23. The number of hydrogen-bond donors (Lipinski definition) is 1. The van der Waals surface area contributed by atoms with Crippen molar-refractivity contribution in [1.82, 2.24) is 9.29 Å². The lowest BCUT2D eigenvalue weighted by atomic mass is 9.71. The van der Waals surface area contributed by atoms with Gasteiger partial charge in [-0.1, -0.05) is 6.07 Å². The molecule has 4 heterocycles. The zero-order valence-electron chi connectivity index (χ0n) is 18.0. The van der Waals surface area contributed by atoms with Crippen molar-refractivity contribution in [2.24, 2.45) is 22.6 Å². The number of sulfonamides is 1. The Hall–Kier alpha value is -2.72. The second kappa shape index (κ2) is 7.39. The van der Waals surface area contributed by atoms with E-state index in [1.807, 2.05) is 12.1 Å². The average Bonchev–Trinajstić information content (AvgIpc) is 3.52. The molecule has 1 aromatic carbocycles. The molecule has 2 fully saturated rings. The van der Waals surface area contributed by atoms with Gasteiger partial charge in [0.2, 0.25) is 16.0 Å². The molecule has 0 radical (unpaired) electrons. The minimum absolute atomic E-state index is 0.0672. The number of aliphatic imine (C=N–C) groups is 1. The Morgan fingerprint density at radius 1 is 1.24 bits per heavy atom. The van der Waals surface area contributed by atoms with Crippen LogP contribution in [0.3, 0.4) is 0 Å². The molecule has 1 spiro atoms. The highest BCUT2D eigenvalue weighted by Gasteiger charge is 2.56. The van der Waals surface area contributed by atoms with Gasteiger partial charge < -0.3 is 15.2 Å². The molecule has 3 atom stereocenters. The first-order valence-electron chi connectivity index (χ1n) is 11.2. The van der Waals surface area contributed by atoms with Gasteiger partial charge in [0.15, 0.2) is 0 Å². The van der Waals surface area contributed by atoms with Crippen LogP contribution in [0, 0.1) is 17.8 Å². The molecule has 10 heteroatoms. The molecule has 1 unspecified atom stereocenters. The van der Waals surface area contributed by atoms with Crippen LogP contribution in [0.1, 0.15) is 24.8 Å². The van der Waals surface area contributed by atoms with E-state index in [0.717, 1.165) is 18.4 Å². The van der Waals surface area contributed by atoms with Gasteiger partial charge in [-0.15, -0.1) is 0 Å². The van der Waals surface area contributed by atoms with Crippen LogP contribution in [-0.4, -0.2) is 55.3 Å². The molecule has 2 N–H and O–H groups in total. The van der Waals surface area contributed by atoms with Gasteiger partial charge in [-0.05, 0) is 55.0 Å². The first-order chi connectivity index (χ1) is 15.9. The van der Waals surface area contributed by atoms with E-state index in [2.05, 4.69) is 4.98 Å². The molecule has 1 aromatic heterocycles. The quantitative estimate of drug-likeness (QED) is 0.684. The van der Waals surface area contributed by atoms with Crippen molar-refractivity contribution in [2.45, 2.75) is 30.9 Å². The highest BCUT2D eigenvalue weighted by atomic mass is 32.2. The van der Waals surface area contributed by atoms with E-state index in [1.54, 1.807) is 22.5 Å². The number of hydrogen-bond acceptors (Lipinski definition) is 7. The van der Waals surface area contributed by atoms with Gasteiger partial charge in [-0.3, -0.25) is 0 Å². The van der Waals surface area contributed by atoms with Crippen LogP contribution in [0.4, 0.5) is 4.39 Å². The molecular weight excluding hydrogens is 447 g/mol. The van der Waals surface area contributed by atoms with Gasteiger partial charge >= 0.3 is 0 Å². The van der Waals surface area contributed by atoms with E-state index < -0.39 is 21.5 Å². The zero-order valence-corrected chi connectivity index (χ0v) is 18.8. The van der Waals surface area contributed by atoms with E-state index in [9.17, 15) is 12.8 Å². The highest BCUT2D eigenvalue weighted by Crippen LogP contribution is 2.51. The summed E-state index contributed by atoms with van der Waals surface area (Å²) in [6.07, 6.45) is 3.69. The molecule has 3 aliphatic heterocycles. The van der Waals surface area contributed by atoms with Crippen molar-refractivity contribution in [3.8, 4) is 16.9 Å². The number of fused-ring (bicyclic) bond motifs is 4. The smallest absolute Gasteiger partial charge is 0.283 e. The van der Waals surface area contributed by atoms with Gasteiger partial charge in [0.1, 0.15) is 24.0 Å². The van der Waals surface area contributed by atoms with Gasteiger partial charge in [-0.2, -0.15) is 4.39 Å². The van der Waals surface area contributed by atoms with Crippen LogP contribution in [0.15, 0.2) is 41.5 Å². The molecule has 8 nitrogen and oxygen atoms in total. The lowest BCUT2D eigenvalue weighted by molar-refractivity contribution is -0.00348. The Balaban J connectivity index is 1.42. The second-order valence-electron chi connectivity index (χ2n) is 9.35. The number of pyridine rings is 1. The Kier molecular flexibility index (Phi) is 4.67. The average molecular weight is 473 g/mol. The zero-order chi connectivity index (χ0) is 22.8. The SMILES string of the molecule is NC1=N[C@]2(CO1)c1cc(-c3cccnc3F)ccc1OC1CCN(S(=O)(=O)CC3CC3)C[C@@H]12. The third-order valence-electron chi connectivity index (χ3n) is 7.21. The standard InChI is InChI=1S/C23H25FN4O4S/c24-21-16(2-1-8-26-21)15-5-6-19-17(10-15)23(13-31-22(25)27-23)18-11-28(9-7-20(18)32-19)33(29,30)12-14-3-4-14/h1-2,5-6,8,10,14,18,20H,3-4,7,9,11-13H2,(H2,25,27)/t18-,20?,23+/m0/s1. The number of benzene rings is 1. The summed E-state index contributed by atoms with van der Waals surface area (Å²) in [5.41, 5.74) is 6.80. The summed E-state index contributed by atoms with van der Waals surface area (Å²) >= 11 is 0. The van der Waals surface area contributed by atoms with Gasteiger partial charge in [0, 0.05) is 36.3 Å². The van der Waals surface area contributed by atoms with Crippen molar-refractivity contribution < 1.29 is 22.3 Å². The number of halogens is 1. The lowest BCUT2D eigenvalue weighted by Crippen LogP contribution is -2.58. The van der Waals surface area contributed by atoms with Crippen molar-refractivity contribution in [3.05, 3.63) is 48.0 Å². The maximum absolute atomic E-state index is 14.4. The Bertz CT molecular complexity index is 1250. The van der Waals surface area contributed by atoms with Crippen LogP contribution in [0.25, 0.3) is 11.1 Å². The van der Waals surface area contributed by atoms with Crippen LogP contribution in [0.2, 0.25) is 0 Å². The summed E-state index contributed by atoms with van der Waals surface area (Å²) in [7, 11) is -3.37. The predicted octanol–water partition coefficient (Wildman–Crippen LogP) is 2.25. The molecular formula is C23H25FN4O4S. The van der Waals surface area contributed by atoms with Crippen LogP contribution in [-0.2, 0) is 20.3 Å². The molecule has 1 saturated heterocycles. The Labute approximate surface area is 191 Å². The van der Waals surface area contributed by atoms with Crippen LogP contribution < -0.4 is 10.5 Å². The molecule has 33 heavy (non-hydrogen) atoms. The van der Waals surface area contributed by atoms with Crippen molar-refractivity contribution in [1.29, 1.82) is 0 Å². The molecule has 2 aromatic rings. The lowest BCUT2D eigenvalue weighted by Gasteiger charge is -2.48. The summed E-state index contributed by atoms with van der Waals surface area (Å²) < 4.78 is 54.1. The van der Waals surface area contributed by atoms with E-state index in [-0.39, 0.29) is 42.9 Å². The molecule has 0 amide bonds. The third kappa shape index (κ3) is 3.47. The first kappa shape index (κ1) is 20.9. The fourth-order valence-electron chi connectivity index (χ4n) is 5.32. The number of piperidine rings is 1. The number of ether oxygens (including phenoxy) is 2. The van der Waals surface area contributed by atoms with Crippen molar-refractivity contribution in [3.63, 3.8) is 0 Å². The monoisotopic (exact) mass is 472 g/mol. The van der Waals surface area contributed by atoms with E-state index in [4.69, 9.17) is 20.2 Å². The van der Waals surface area contributed by atoms with Gasteiger partial charge in [0.25, 0.3) is 6.02 Å². The van der Waals surface area contributed by atoms with Crippen LogP contribution in [0.5, 0.6) is 5.75 Å². The molecule has 0 bridgehead atoms. The molecule has 1 saturated carbocycles. The van der Waals surface area contributed by atoms with Gasteiger partial charge in [-0.25, -0.2) is 22.7 Å². The molecule has 174 valence electrons. The Morgan fingerprint density at radius 2 is 2.09 bits per heavy atom. The van der Waals surface area contributed by atoms with Gasteiger partial charge in [0.05, 0.1) is 5.75 Å². The number of nitrogens with zero attached hydrogens (tertiary/aromatic N) is 3. The minimum atomic E-state index is -3.37. The molecule has 4 aliphatic rings. The summed E-state index contributed by atoms with van der Waals surface area (Å²) in [6.45, 7) is 0.886. The normalized spacial score (nSPS) is 29.1.